The minimum absolute atomic E-state index is 0.0374. The van der Waals surface area contributed by atoms with E-state index in [-0.39, 0.29) is 12.3 Å². The Hall–Kier alpha value is -0.510. The molecule has 4 heteroatoms. The minimum atomic E-state index is -0.0577. The average molecular weight is 270 g/mol. The summed E-state index contributed by atoms with van der Waals surface area (Å²) in [5, 5.41) is 0.709. The second-order valence-electron chi connectivity index (χ2n) is 4.25. The highest BCUT2D eigenvalue weighted by Crippen LogP contribution is 2.35. The van der Waals surface area contributed by atoms with Gasteiger partial charge in [-0.05, 0) is 41.9 Å². The molecule has 0 aliphatic carbocycles. The highest BCUT2D eigenvalue weighted by Gasteiger charge is 2.19. The standard InChI is InChI=1S/C13H16ClNOS/c14-12-7-10(13(16)8-15)1-2-11(12)9-3-5-17-6-4-9/h1-2,7,9H,3-6,8,15H2. The number of hydrogen-bond acceptors (Lipinski definition) is 3. The number of ketones is 1. The molecule has 1 aliphatic heterocycles. The number of carbonyl (C=O) groups is 1. The van der Waals surface area contributed by atoms with Gasteiger partial charge in [-0.2, -0.15) is 11.8 Å². The van der Waals surface area contributed by atoms with E-state index in [1.165, 1.54) is 29.9 Å². The highest BCUT2D eigenvalue weighted by molar-refractivity contribution is 7.99. The van der Waals surface area contributed by atoms with Gasteiger partial charge in [-0.1, -0.05) is 23.7 Å². The molecule has 17 heavy (non-hydrogen) atoms. The zero-order valence-corrected chi connectivity index (χ0v) is 11.2. The number of thioether (sulfide) groups is 1. The van der Waals surface area contributed by atoms with Crippen LogP contribution >= 0.6 is 23.4 Å². The summed E-state index contributed by atoms with van der Waals surface area (Å²) < 4.78 is 0. The van der Waals surface area contributed by atoms with Crippen LogP contribution in [-0.2, 0) is 0 Å². The minimum Gasteiger partial charge on any atom is -0.324 e. The lowest BCUT2D eigenvalue weighted by Gasteiger charge is -2.22. The molecular weight excluding hydrogens is 254 g/mol. The van der Waals surface area contributed by atoms with Gasteiger partial charge in [-0.3, -0.25) is 4.79 Å². The van der Waals surface area contributed by atoms with E-state index < -0.39 is 0 Å². The predicted octanol–water partition coefficient (Wildman–Crippen LogP) is 3.09. The van der Waals surface area contributed by atoms with Crippen LogP contribution in [0.5, 0.6) is 0 Å². The van der Waals surface area contributed by atoms with E-state index in [9.17, 15) is 4.79 Å². The Bertz CT molecular complexity index is 416. The molecule has 0 atom stereocenters. The predicted molar refractivity (Wildman–Crippen MR) is 74.1 cm³/mol. The molecule has 1 fully saturated rings. The summed E-state index contributed by atoms with van der Waals surface area (Å²) in [6.07, 6.45) is 2.35. The van der Waals surface area contributed by atoms with Crippen LogP contribution in [-0.4, -0.2) is 23.8 Å². The molecule has 0 radical (unpaired) electrons. The number of Topliss-reactive ketones (excluding diaryl/α,β-unsaturated/α-hetero) is 1. The van der Waals surface area contributed by atoms with Gasteiger partial charge in [0, 0.05) is 10.6 Å². The van der Waals surface area contributed by atoms with Gasteiger partial charge in [-0.25, -0.2) is 0 Å². The van der Waals surface area contributed by atoms with Crippen molar-refractivity contribution < 1.29 is 4.79 Å². The second kappa shape index (κ2) is 5.89. The summed E-state index contributed by atoms with van der Waals surface area (Å²) in [7, 11) is 0. The molecular formula is C13H16ClNOS. The van der Waals surface area contributed by atoms with Crippen LogP contribution in [0.1, 0.15) is 34.7 Å². The van der Waals surface area contributed by atoms with Crippen LogP contribution in [0, 0.1) is 0 Å². The molecule has 0 saturated carbocycles. The molecule has 1 saturated heterocycles. The summed E-state index contributed by atoms with van der Waals surface area (Å²) in [6.45, 7) is 0.0374. The topological polar surface area (TPSA) is 43.1 Å². The van der Waals surface area contributed by atoms with E-state index in [1.807, 2.05) is 23.9 Å². The maximum absolute atomic E-state index is 11.5. The summed E-state index contributed by atoms with van der Waals surface area (Å²) in [4.78, 5) is 11.5. The SMILES string of the molecule is NCC(=O)c1ccc(C2CCSCC2)c(Cl)c1. The van der Waals surface area contributed by atoms with Crippen LogP contribution < -0.4 is 5.73 Å². The van der Waals surface area contributed by atoms with E-state index in [0.29, 0.717) is 16.5 Å². The maximum Gasteiger partial charge on any atom is 0.176 e. The molecule has 1 aliphatic rings. The molecule has 92 valence electrons. The summed E-state index contributed by atoms with van der Waals surface area (Å²) in [5.74, 6) is 2.89. The van der Waals surface area contributed by atoms with Gasteiger partial charge in [-0.15, -0.1) is 0 Å². The van der Waals surface area contributed by atoms with Crippen molar-refractivity contribution in [3.05, 3.63) is 34.3 Å². The van der Waals surface area contributed by atoms with Crippen LogP contribution in [0.4, 0.5) is 0 Å². The highest BCUT2D eigenvalue weighted by atomic mass is 35.5. The summed E-state index contributed by atoms with van der Waals surface area (Å²) in [6, 6.07) is 5.60. The molecule has 1 heterocycles. The van der Waals surface area contributed by atoms with Crippen molar-refractivity contribution >= 4 is 29.1 Å². The number of carbonyl (C=O) groups excluding carboxylic acids is 1. The van der Waals surface area contributed by atoms with Crippen molar-refractivity contribution in [1.29, 1.82) is 0 Å². The van der Waals surface area contributed by atoms with Gasteiger partial charge in [0.05, 0.1) is 6.54 Å². The van der Waals surface area contributed by atoms with Crippen molar-refractivity contribution in [2.45, 2.75) is 18.8 Å². The smallest absolute Gasteiger partial charge is 0.176 e. The van der Waals surface area contributed by atoms with Crippen LogP contribution in [0.25, 0.3) is 0 Å². The maximum atomic E-state index is 11.5. The summed E-state index contributed by atoms with van der Waals surface area (Å²) >= 11 is 8.26. The normalized spacial score (nSPS) is 17.1. The van der Waals surface area contributed by atoms with Crippen molar-refractivity contribution in [2.24, 2.45) is 5.73 Å². The molecule has 0 amide bonds. The Kier molecular flexibility index (Phi) is 4.48. The number of benzene rings is 1. The lowest BCUT2D eigenvalue weighted by molar-refractivity contribution is 0.100. The van der Waals surface area contributed by atoms with Gasteiger partial charge < -0.3 is 5.73 Å². The van der Waals surface area contributed by atoms with Gasteiger partial charge in [0.2, 0.25) is 0 Å². The fourth-order valence-electron chi connectivity index (χ4n) is 2.16. The van der Waals surface area contributed by atoms with Gasteiger partial charge in [0.1, 0.15) is 0 Å². The van der Waals surface area contributed by atoms with Crippen LogP contribution in [0.2, 0.25) is 5.02 Å². The largest absolute Gasteiger partial charge is 0.324 e. The fourth-order valence-corrected chi connectivity index (χ4v) is 3.60. The van der Waals surface area contributed by atoms with Crippen molar-refractivity contribution in [3.8, 4) is 0 Å². The fraction of sp³-hybridized carbons (Fsp3) is 0.462. The third-order valence-electron chi connectivity index (χ3n) is 3.17. The molecule has 0 unspecified atom stereocenters. The molecule has 2 N–H and O–H groups in total. The Labute approximate surface area is 111 Å². The number of nitrogens with two attached hydrogens (primary N) is 1. The van der Waals surface area contributed by atoms with Crippen molar-refractivity contribution in [3.63, 3.8) is 0 Å². The molecule has 0 aromatic heterocycles. The lowest BCUT2D eigenvalue weighted by Crippen LogP contribution is -2.14. The van der Waals surface area contributed by atoms with Gasteiger partial charge in [0.25, 0.3) is 0 Å². The van der Waals surface area contributed by atoms with E-state index >= 15 is 0 Å². The van der Waals surface area contributed by atoms with Crippen molar-refractivity contribution in [2.75, 3.05) is 18.1 Å². The van der Waals surface area contributed by atoms with E-state index in [1.54, 1.807) is 6.07 Å². The Morgan fingerprint density at radius 2 is 2.12 bits per heavy atom. The Morgan fingerprint density at radius 1 is 1.41 bits per heavy atom. The van der Waals surface area contributed by atoms with E-state index in [2.05, 4.69) is 0 Å². The lowest BCUT2D eigenvalue weighted by atomic mass is 9.92. The Morgan fingerprint density at radius 3 is 2.71 bits per heavy atom. The molecule has 0 bridgehead atoms. The second-order valence-corrected chi connectivity index (χ2v) is 5.88. The van der Waals surface area contributed by atoms with Gasteiger partial charge >= 0.3 is 0 Å². The third kappa shape index (κ3) is 3.03. The molecule has 1 aromatic rings. The first-order chi connectivity index (χ1) is 8.22. The molecule has 0 spiro atoms. The number of rotatable bonds is 3. The number of halogens is 1. The van der Waals surface area contributed by atoms with Crippen LogP contribution in [0.15, 0.2) is 18.2 Å². The first kappa shape index (κ1) is 12.9. The average Bonchev–Trinajstić information content (AvgIpc) is 2.38. The van der Waals surface area contributed by atoms with E-state index in [4.69, 9.17) is 17.3 Å². The summed E-state index contributed by atoms with van der Waals surface area (Å²) in [5.41, 5.74) is 7.14. The zero-order valence-electron chi connectivity index (χ0n) is 9.62. The number of hydrogen-bond donors (Lipinski definition) is 1. The first-order valence-electron chi connectivity index (χ1n) is 5.83. The molecule has 2 nitrogen and oxygen atoms in total. The first-order valence-corrected chi connectivity index (χ1v) is 7.36. The van der Waals surface area contributed by atoms with E-state index in [0.717, 1.165) is 0 Å². The quantitative estimate of drug-likeness (QED) is 0.858. The zero-order chi connectivity index (χ0) is 12.3. The van der Waals surface area contributed by atoms with Crippen molar-refractivity contribution in [1.82, 2.24) is 0 Å². The third-order valence-corrected chi connectivity index (χ3v) is 4.55. The van der Waals surface area contributed by atoms with Crippen LogP contribution in [0.3, 0.4) is 0 Å². The Balaban J connectivity index is 2.21. The monoisotopic (exact) mass is 269 g/mol. The molecule has 2 rings (SSSR count). The van der Waals surface area contributed by atoms with Gasteiger partial charge in [0.15, 0.2) is 5.78 Å². The molecule has 1 aromatic carbocycles.